The summed E-state index contributed by atoms with van der Waals surface area (Å²) in [5, 5.41) is 0.308. The first kappa shape index (κ1) is 16.0. The summed E-state index contributed by atoms with van der Waals surface area (Å²) in [4.78, 5) is -0.0835. The minimum Gasteiger partial charge on any atom is -0.492 e. The van der Waals surface area contributed by atoms with E-state index in [0.29, 0.717) is 11.6 Å². The van der Waals surface area contributed by atoms with Crippen molar-refractivity contribution in [1.29, 1.82) is 0 Å². The van der Waals surface area contributed by atoms with Crippen molar-refractivity contribution in [2.24, 2.45) is 0 Å². The van der Waals surface area contributed by atoms with Gasteiger partial charge in [0.15, 0.2) is 0 Å². The van der Waals surface area contributed by atoms with Gasteiger partial charge < -0.3 is 4.74 Å². The van der Waals surface area contributed by atoms with E-state index in [9.17, 15) is 8.42 Å². The number of ether oxygens (including phenoxy) is 1. The van der Waals surface area contributed by atoms with Crippen LogP contribution >= 0.6 is 34.0 Å². The number of halogens is 2. The number of hydrogen-bond acceptors (Lipinski definition) is 4. The number of benzene rings is 1. The van der Waals surface area contributed by atoms with Crippen LogP contribution in [0.1, 0.15) is 13.3 Å². The summed E-state index contributed by atoms with van der Waals surface area (Å²) in [6.07, 6.45) is 0.850. The smallest absolute Gasteiger partial charge is 0.265 e. The molecule has 0 aliphatic heterocycles. The van der Waals surface area contributed by atoms with Crippen LogP contribution in [-0.4, -0.2) is 26.5 Å². The fourth-order valence-electron chi connectivity index (χ4n) is 1.28. The molecule has 0 aromatic heterocycles. The summed E-state index contributed by atoms with van der Waals surface area (Å²) in [6.45, 7) is 2.54. The third-order valence-corrected chi connectivity index (χ3v) is 4.63. The van der Waals surface area contributed by atoms with E-state index in [4.69, 9.17) is 27.0 Å². The zero-order valence-corrected chi connectivity index (χ0v) is 13.0. The Balaban J connectivity index is 2.71. The lowest BCUT2D eigenvalue weighted by Crippen LogP contribution is -2.03. The van der Waals surface area contributed by atoms with Crippen LogP contribution in [0.4, 0.5) is 0 Å². The van der Waals surface area contributed by atoms with Crippen LogP contribution in [0.2, 0.25) is 5.02 Å². The maximum atomic E-state index is 11.4. The third kappa shape index (κ3) is 5.26. The van der Waals surface area contributed by atoms with Crippen molar-refractivity contribution in [3.8, 4) is 5.75 Å². The molecule has 0 saturated heterocycles. The molecule has 0 saturated carbocycles. The fourth-order valence-corrected chi connectivity index (χ4v) is 3.12. The van der Waals surface area contributed by atoms with Gasteiger partial charge in [-0.05, 0) is 36.1 Å². The molecule has 0 bridgehead atoms. The van der Waals surface area contributed by atoms with Crippen molar-refractivity contribution >= 4 is 43.1 Å². The second-order valence-electron chi connectivity index (χ2n) is 3.43. The molecule has 1 aromatic rings. The van der Waals surface area contributed by atoms with E-state index in [-0.39, 0.29) is 10.6 Å². The molecule has 18 heavy (non-hydrogen) atoms. The molecule has 0 fully saturated rings. The molecule has 0 radical (unpaired) electrons. The lowest BCUT2D eigenvalue weighted by molar-refractivity contribution is 0.311. The second-order valence-corrected chi connectivity index (χ2v) is 7.79. The summed E-state index contributed by atoms with van der Waals surface area (Å²) in [7, 11) is 1.48. The molecule has 0 amide bonds. The van der Waals surface area contributed by atoms with E-state index in [0.717, 1.165) is 17.9 Å². The molecule has 0 atom stereocenters. The van der Waals surface area contributed by atoms with Crippen LogP contribution in [0.5, 0.6) is 5.75 Å². The average molecular weight is 329 g/mol. The van der Waals surface area contributed by atoms with Gasteiger partial charge >= 0.3 is 0 Å². The highest BCUT2D eigenvalue weighted by molar-refractivity contribution is 8.13. The van der Waals surface area contributed by atoms with Crippen molar-refractivity contribution in [3.63, 3.8) is 0 Å². The molecule has 7 heteroatoms. The Bertz CT molecular complexity index is 489. The first-order valence-corrected chi connectivity index (χ1v) is 9.24. The minimum absolute atomic E-state index is 0.0835. The zero-order valence-electron chi connectivity index (χ0n) is 9.86. The molecule has 102 valence electrons. The quantitative estimate of drug-likeness (QED) is 0.564. The van der Waals surface area contributed by atoms with E-state index < -0.39 is 9.05 Å². The third-order valence-electron chi connectivity index (χ3n) is 2.06. The highest BCUT2D eigenvalue weighted by Crippen LogP contribution is 2.29. The molecule has 0 N–H and O–H groups in total. The molecule has 1 aromatic carbocycles. The predicted octanol–water partition coefficient (Wildman–Crippen LogP) is 3.79. The molecular weight excluding hydrogens is 315 g/mol. The summed E-state index contributed by atoms with van der Waals surface area (Å²) in [6, 6.07) is 4.38. The normalized spacial score (nSPS) is 11.5. The molecule has 0 spiro atoms. The van der Waals surface area contributed by atoms with Crippen LogP contribution in [0.3, 0.4) is 0 Å². The van der Waals surface area contributed by atoms with E-state index in [1.54, 1.807) is 6.07 Å². The maximum Gasteiger partial charge on any atom is 0.265 e. The van der Waals surface area contributed by atoms with Gasteiger partial charge in [-0.15, -0.1) is 0 Å². The Morgan fingerprint density at radius 1 is 1.39 bits per heavy atom. The van der Waals surface area contributed by atoms with Crippen molar-refractivity contribution < 1.29 is 13.2 Å². The highest BCUT2D eigenvalue weighted by atomic mass is 35.7. The standard InChI is InChI=1S/C11H14Cl2O3S2/c1-2-17-7-3-6-16-10-5-4-9(12)8-11(10)18(13,14)15/h4-5,8H,2-3,6-7H2,1H3. The maximum absolute atomic E-state index is 11.4. The summed E-state index contributed by atoms with van der Waals surface area (Å²) in [5.41, 5.74) is 0. The zero-order chi connectivity index (χ0) is 13.6. The van der Waals surface area contributed by atoms with Gasteiger partial charge in [-0.1, -0.05) is 18.5 Å². The molecule has 1 rings (SSSR count). The molecule has 0 unspecified atom stereocenters. The van der Waals surface area contributed by atoms with Gasteiger partial charge in [-0.3, -0.25) is 0 Å². The Hall–Kier alpha value is -0.100. The van der Waals surface area contributed by atoms with Crippen LogP contribution < -0.4 is 4.74 Å². The predicted molar refractivity (Wildman–Crippen MR) is 77.6 cm³/mol. The SMILES string of the molecule is CCSCCCOc1ccc(Cl)cc1S(=O)(=O)Cl. The van der Waals surface area contributed by atoms with Crippen LogP contribution in [0.15, 0.2) is 23.1 Å². The summed E-state index contributed by atoms with van der Waals surface area (Å²) >= 11 is 7.55. The van der Waals surface area contributed by atoms with Crippen molar-refractivity contribution in [2.75, 3.05) is 18.1 Å². The van der Waals surface area contributed by atoms with Gasteiger partial charge in [0.25, 0.3) is 9.05 Å². The van der Waals surface area contributed by atoms with E-state index >= 15 is 0 Å². The van der Waals surface area contributed by atoms with Gasteiger partial charge in [-0.2, -0.15) is 11.8 Å². The Labute approximate surface area is 121 Å². The molecule has 0 heterocycles. The molecule has 3 nitrogen and oxygen atoms in total. The van der Waals surface area contributed by atoms with E-state index in [1.165, 1.54) is 12.1 Å². The summed E-state index contributed by atoms with van der Waals surface area (Å²) < 4.78 is 28.2. The largest absolute Gasteiger partial charge is 0.492 e. The van der Waals surface area contributed by atoms with Crippen molar-refractivity contribution in [2.45, 2.75) is 18.2 Å². The van der Waals surface area contributed by atoms with Gasteiger partial charge in [0.2, 0.25) is 0 Å². The van der Waals surface area contributed by atoms with Gasteiger partial charge in [0, 0.05) is 15.7 Å². The van der Waals surface area contributed by atoms with Gasteiger partial charge in [0.05, 0.1) is 6.61 Å². The minimum atomic E-state index is -3.85. The van der Waals surface area contributed by atoms with Crippen molar-refractivity contribution in [3.05, 3.63) is 23.2 Å². The Kier molecular flexibility index (Phi) is 6.63. The van der Waals surface area contributed by atoms with Crippen LogP contribution in [0, 0.1) is 0 Å². The van der Waals surface area contributed by atoms with E-state index in [2.05, 4.69) is 6.92 Å². The van der Waals surface area contributed by atoms with E-state index in [1.807, 2.05) is 11.8 Å². The Morgan fingerprint density at radius 3 is 2.72 bits per heavy atom. The number of hydrogen-bond donors (Lipinski definition) is 0. The lowest BCUT2D eigenvalue weighted by Gasteiger charge is -2.09. The molecule has 0 aliphatic rings. The summed E-state index contributed by atoms with van der Waals surface area (Å²) in [5.74, 6) is 2.28. The highest BCUT2D eigenvalue weighted by Gasteiger charge is 2.17. The van der Waals surface area contributed by atoms with Crippen LogP contribution in [0.25, 0.3) is 0 Å². The second kappa shape index (κ2) is 7.48. The topological polar surface area (TPSA) is 43.4 Å². The number of thioether (sulfide) groups is 1. The molecule has 0 aliphatic carbocycles. The van der Waals surface area contributed by atoms with Gasteiger partial charge in [0.1, 0.15) is 10.6 Å². The average Bonchev–Trinajstić information content (AvgIpc) is 2.29. The first-order valence-electron chi connectivity index (χ1n) is 5.40. The number of rotatable bonds is 7. The van der Waals surface area contributed by atoms with Crippen LogP contribution in [-0.2, 0) is 9.05 Å². The fraction of sp³-hybridized carbons (Fsp3) is 0.455. The monoisotopic (exact) mass is 328 g/mol. The van der Waals surface area contributed by atoms with Crippen molar-refractivity contribution in [1.82, 2.24) is 0 Å². The molecular formula is C11H14Cl2O3S2. The Morgan fingerprint density at radius 2 is 2.11 bits per heavy atom. The first-order chi connectivity index (χ1) is 8.45. The van der Waals surface area contributed by atoms with Gasteiger partial charge in [-0.25, -0.2) is 8.42 Å². The lowest BCUT2D eigenvalue weighted by atomic mass is 10.3.